The quantitative estimate of drug-likeness (QED) is 0.511. The third-order valence-electron chi connectivity index (χ3n) is 6.51. The van der Waals surface area contributed by atoms with Crippen LogP contribution in [0.3, 0.4) is 0 Å². The molecule has 0 spiro atoms. The van der Waals surface area contributed by atoms with E-state index in [1.165, 1.54) is 37.7 Å². The number of allylic oxidation sites excluding steroid dienone is 1. The molecule has 0 N–H and O–H groups in total. The number of methoxy groups -OCH3 is 1. The first-order valence-electron chi connectivity index (χ1n) is 11.4. The van der Waals surface area contributed by atoms with Crippen molar-refractivity contribution in [3.63, 3.8) is 0 Å². The summed E-state index contributed by atoms with van der Waals surface area (Å²) in [6.07, 6.45) is 18.5. The SMILES string of the molecule is C=Cc1c(/C=C\C)ncn1C(c1ccc2c(c1OC)C=CC(C)(C)O2)C1CCCCC1. The maximum absolute atomic E-state index is 6.22. The summed E-state index contributed by atoms with van der Waals surface area (Å²) in [6, 6.07) is 4.43. The molecule has 0 saturated heterocycles. The average molecular weight is 419 g/mol. The van der Waals surface area contributed by atoms with Crippen molar-refractivity contribution >= 4 is 18.2 Å². The van der Waals surface area contributed by atoms with Crippen LogP contribution >= 0.6 is 0 Å². The lowest BCUT2D eigenvalue weighted by Crippen LogP contribution is -2.28. The molecule has 2 aromatic rings. The molecule has 1 aliphatic heterocycles. The first-order chi connectivity index (χ1) is 15.0. The van der Waals surface area contributed by atoms with Gasteiger partial charge in [-0.1, -0.05) is 31.9 Å². The Hall–Kier alpha value is -2.75. The van der Waals surface area contributed by atoms with Crippen molar-refractivity contribution in [3.8, 4) is 11.5 Å². The van der Waals surface area contributed by atoms with Crippen molar-refractivity contribution in [3.05, 3.63) is 59.7 Å². The standard InChI is InChI=1S/C27H34N2O2/c1-6-11-22-23(7-2)29(18-28-22)25(19-12-9-8-10-13-19)21-14-15-24-20(26(21)30-5)16-17-27(3,4)31-24/h6-7,11,14-19,25H,2,8-10,12-13H2,1,3-5H3/b11-6-. The number of imidazole rings is 1. The van der Waals surface area contributed by atoms with Gasteiger partial charge in [0, 0.05) is 5.56 Å². The minimum absolute atomic E-state index is 0.142. The normalized spacial score (nSPS) is 19.1. The number of rotatable bonds is 6. The zero-order valence-electron chi connectivity index (χ0n) is 19.2. The summed E-state index contributed by atoms with van der Waals surface area (Å²) in [5, 5.41) is 0. The topological polar surface area (TPSA) is 36.3 Å². The maximum Gasteiger partial charge on any atom is 0.135 e. The van der Waals surface area contributed by atoms with Gasteiger partial charge >= 0.3 is 0 Å². The number of nitrogens with zero attached hydrogens (tertiary/aromatic N) is 2. The van der Waals surface area contributed by atoms with E-state index >= 15 is 0 Å². The summed E-state index contributed by atoms with van der Waals surface area (Å²) < 4.78 is 14.6. The van der Waals surface area contributed by atoms with Crippen molar-refractivity contribution in [2.24, 2.45) is 5.92 Å². The Labute approximate surface area is 186 Å². The van der Waals surface area contributed by atoms with Gasteiger partial charge in [-0.2, -0.15) is 0 Å². The zero-order chi connectivity index (χ0) is 22.0. The van der Waals surface area contributed by atoms with Crippen LogP contribution in [0, 0.1) is 5.92 Å². The molecule has 2 aliphatic rings. The fraction of sp³-hybridized carbons (Fsp3) is 0.444. The van der Waals surface area contributed by atoms with Crippen LogP contribution in [0.1, 0.15) is 81.4 Å². The molecule has 1 aromatic heterocycles. The predicted octanol–water partition coefficient (Wildman–Crippen LogP) is 6.92. The molecule has 1 aliphatic carbocycles. The Balaban J connectivity index is 1.89. The first kappa shape index (κ1) is 21.5. The number of benzene rings is 1. The number of fused-ring (bicyclic) bond motifs is 1. The Kier molecular flexibility index (Phi) is 6.08. The van der Waals surface area contributed by atoms with E-state index in [1.807, 2.05) is 31.5 Å². The number of ether oxygens (including phenoxy) is 2. The highest BCUT2D eigenvalue weighted by atomic mass is 16.5. The van der Waals surface area contributed by atoms with E-state index in [0.29, 0.717) is 5.92 Å². The van der Waals surface area contributed by atoms with Crippen LogP contribution in [0.15, 0.2) is 37.2 Å². The number of aromatic nitrogens is 2. The molecule has 4 rings (SSSR count). The van der Waals surface area contributed by atoms with Crippen LogP contribution in [-0.2, 0) is 0 Å². The van der Waals surface area contributed by atoms with Gasteiger partial charge in [0.1, 0.15) is 17.1 Å². The van der Waals surface area contributed by atoms with Gasteiger partial charge in [0.15, 0.2) is 0 Å². The van der Waals surface area contributed by atoms with E-state index in [9.17, 15) is 0 Å². The number of hydrogen-bond acceptors (Lipinski definition) is 3. The van der Waals surface area contributed by atoms with Crippen LogP contribution in [-0.4, -0.2) is 22.3 Å². The van der Waals surface area contributed by atoms with Crippen molar-refractivity contribution < 1.29 is 9.47 Å². The zero-order valence-corrected chi connectivity index (χ0v) is 19.2. The molecule has 0 bridgehead atoms. The largest absolute Gasteiger partial charge is 0.496 e. The molecule has 164 valence electrons. The van der Waals surface area contributed by atoms with E-state index in [1.54, 1.807) is 7.11 Å². The minimum atomic E-state index is -0.315. The monoisotopic (exact) mass is 418 g/mol. The Morgan fingerprint density at radius 1 is 1.26 bits per heavy atom. The highest BCUT2D eigenvalue weighted by Gasteiger charge is 2.33. The Morgan fingerprint density at radius 3 is 2.71 bits per heavy atom. The van der Waals surface area contributed by atoms with E-state index in [4.69, 9.17) is 14.5 Å². The molecule has 2 heterocycles. The molecule has 4 heteroatoms. The molecular weight excluding hydrogens is 384 g/mol. The molecule has 1 atom stereocenters. The molecule has 0 amide bonds. The molecule has 0 radical (unpaired) electrons. The highest BCUT2D eigenvalue weighted by molar-refractivity contribution is 5.70. The van der Waals surface area contributed by atoms with E-state index in [2.05, 4.69) is 49.3 Å². The molecule has 1 fully saturated rings. The van der Waals surface area contributed by atoms with Crippen molar-refractivity contribution in [2.45, 2.75) is 64.5 Å². The minimum Gasteiger partial charge on any atom is -0.496 e. The molecule has 31 heavy (non-hydrogen) atoms. The first-order valence-corrected chi connectivity index (χ1v) is 11.4. The van der Waals surface area contributed by atoms with Gasteiger partial charge in [0.05, 0.1) is 36.4 Å². The van der Waals surface area contributed by atoms with Crippen molar-refractivity contribution in [1.29, 1.82) is 0 Å². The van der Waals surface area contributed by atoms with Crippen LogP contribution in [0.4, 0.5) is 0 Å². The smallest absolute Gasteiger partial charge is 0.135 e. The second kappa shape index (κ2) is 8.78. The van der Waals surface area contributed by atoms with Gasteiger partial charge in [-0.15, -0.1) is 0 Å². The molecule has 4 nitrogen and oxygen atoms in total. The second-order valence-electron chi connectivity index (χ2n) is 9.11. The third-order valence-corrected chi connectivity index (χ3v) is 6.51. The fourth-order valence-corrected chi connectivity index (χ4v) is 5.09. The van der Waals surface area contributed by atoms with Gasteiger partial charge in [-0.3, -0.25) is 0 Å². The lowest BCUT2D eigenvalue weighted by molar-refractivity contribution is 0.158. The lowest BCUT2D eigenvalue weighted by atomic mass is 9.80. The Bertz CT molecular complexity index is 1010. The molecular formula is C27H34N2O2. The van der Waals surface area contributed by atoms with Crippen LogP contribution in [0.5, 0.6) is 11.5 Å². The van der Waals surface area contributed by atoms with Crippen LogP contribution in [0.25, 0.3) is 18.2 Å². The van der Waals surface area contributed by atoms with E-state index in [0.717, 1.165) is 28.5 Å². The van der Waals surface area contributed by atoms with E-state index < -0.39 is 0 Å². The van der Waals surface area contributed by atoms with Crippen molar-refractivity contribution in [2.75, 3.05) is 7.11 Å². The summed E-state index contributed by atoms with van der Waals surface area (Å²) in [5.41, 5.74) is 3.91. The third kappa shape index (κ3) is 4.08. The Morgan fingerprint density at radius 2 is 2.03 bits per heavy atom. The second-order valence-corrected chi connectivity index (χ2v) is 9.11. The van der Waals surface area contributed by atoms with Crippen LogP contribution in [0.2, 0.25) is 0 Å². The maximum atomic E-state index is 6.22. The van der Waals surface area contributed by atoms with Crippen LogP contribution < -0.4 is 9.47 Å². The van der Waals surface area contributed by atoms with Gasteiger partial charge in [0.25, 0.3) is 0 Å². The summed E-state index contributed by atoms with van der Waals surface area (Å²) in [5.74, 6) is 2.30. The fourth-order valence-electron chi connectivity index (χ4n) is 5.09. The van der Waals surface area contributed by atoms with Gasteiger partial charge in [0.2, 0.25) is 0 Å². The van der Waals surface area contributed by atoms with Gasteiger partial charge < -0.3 is 14.0 Å². The molecule has 1 saturated carbocycles. The molecule has 1 aromatic carbocycles. The summed E-state index contributed by atoms with van der Waals surface area (Å²) in [6.45, 7) is 10.3. The summed E-state index contributed by atoms with van der Waals surface area (Å²) in [4.78, 5) is 4.71. The van der Waals surface area contributed by atoms with E-state index in [-0.39, 0.29) is 11.6 Å². The summed E-state index contributed by atoms with van der Waals surface area (Å²) in [7, 11) is 1.76. The van der Waals surface area contributed by atoms with Gasteiger partial charge in [-0.05, 0) is 76.0 Å². The lowest BCUT2D eigenvalue weighted by Gasteiger charge is -2.35. The van der Waals surface area contributed by atoms with Gasteiger partial charge in [-0.25, -0.2) is 4.98 Å². The van der Waals surface area contributed by atoms with Crippen molar-refractivity contribution in [1.82, 2.24) is 9.55 Å². The average Bonchev–Trinajstić information content (AvgIpc) is 3.16. The highest BCUT2D eigenvalue weighted by Crippen LogP contribution is 2.46. The predicted molar refractivity (Wildman–Crippen MR) is 128 cm³/mol. The summed E-state index contributed by atoms with van der Waals surface area (Å²) >= 11 is 0. The molecule has 1 unspecified atom stereocenters. The number of hydrogen-bond donors (Lipinski definition) is 0.